The summed E-state index contributed by atoms with van der Waals surface area (Å²) in [7, 11) is 0. The van der Waals surface area contributed by atoms with Gasteiger partial charge in [0.05, 0.1) is 0 Å². The molecule has 0 aliphatic carbocycles. The van der Waals surface area contributed by atoms with E-state index in [4.69, 9.17) is 5.73 Å². The summed E-state index contributed by atoms with van der Waals surface area (Å²) in [5.41, 5.74) is 6.35. The Kier molecular flexibility index (Phi) is 3.33. The molecular weight excluding hydrogens is 234 g/mol. The number of hydrogen-bond donors (Lipinski definition) is 3. The van der Waals surface area contributed by atoms with Crippen molar-refractivity contribution in [3.05, 3.63) is 47.5 Å². The minimum Gasteiger partial charge on any atom is -0.366 e. The molecule has 2 amide bonds. The van der Waals surface area contributed by atoms with Crippen LogP contribution in [0.3, 0.4) is 0 Å². The van der Waals surface area contributed by atoms with Gasteiger partial charge in [0, 0.05) is 12.1 Å². The van der Waals surface area contributed by atoms with Gasteiger partial charge in [0.25, 0.3) is 5.91 Å². The van der Waals surface area contributed by atoms with Gasteiger partial charge in [-0.1, -0.05) is 12.1 Å². The number of carbonyl (C=O) groups excluding carboxylic acids is 2. The van der Waals surface area contributed by atoms with Gasteiger partial charge in [-0.25, -0.2) is 4.98 Å². The molecule has 0 saturated carbocycles. The van der Waals surface area contributed by atoms with E-state index in [1.165, 1.54) is 6.33 Å². The van der Waals surface area contributed by atoms with Crippen molar-refractivity contribution in [3.63, 3.8) is 0 Å². The summed E-state index contributed by atoms with van der Waals surface area (Å²) in [6, 6.07) is 6.73. The average Bonchev–Trinajstić information content (AvgIpc) is 2.90. The van der Waals surface area contributed by atoms with Gasteiger partial charge in [0.2, 0.25) is 11.7 Å². The molecule has 92 valence electrons. The Morgan fingerprint density at radius 1 is 1.39 bits per heavy atom. The zero-order chi connectivity index (χ0) is 13.0. The van der Waals surface area contributed by atoms with E-state index in [9.17, 15) is 9.59 Å². The summed E-state index contributed by atoms with van der Waals surface area (Å²) >= 11 is 0. The highest BCUT2D eigenvalue weighted by Gasteiger charge is 2.08. The quantitative estimate of drug-likeness (QED) is 0.694. The number of carbonyl (C=O) groups is 2. The van der Waals surface area contributed by atoms with Gasteiger partial charge >= 0.3 is 0 Å². The molecule has 18 heavy (non-hydrogen) atoms. The van der Waals surface area contributed by atoms with E-state index >= 15 is 0 Å². The maximum Gasteiger partial charge on any atom is 0.288 e. The third kappa shape index (κ3) is 2.70. The maximum absolute atomic E-state index is 11.6. The van der Waals surface area contributed by atoms with Crippen molar-refractivity contribution in [2.45, 2.75) is 6.54 Å². The van der Waals surface area contributed by atoms with Gasteiger partial charge < -0.3 is 11.1 Å². The number of benzene rings is 1. The van der Waals surface area contributed by atoms with Gasteiger partial charge in [0.15, 0.2) is 0 Å². The van der Waals surface area contributed by atoms with E-state index in [1.807, 2.05) is 0 Å². The SMILES string of the molecule is NC(=O)c1cccc(CNC(=O)c2ncn[nH]2)c1. The van der Waals surface area contributed by atoms with Crippen LogP contribution in [0.5, 0.6) is 0 Å². The normalized spacial score (nSPS) is 10.0. The number of aromatic nitrogens is 3. The van der Waals surface area contributed by atoms with Crippen LogP contribution in [-0.2, 0) is 6.54 Å². The number of hydrogen-bond acceptors (Lipinski definition) is 4. The lowest BCUT2D eigenvalue weighted by Gasteiger charge is -2.04. The molecule has 2 aromatic rings. The number of rotatable bonds is 4. The highest BCUT2D eigenvalue weighted by atomic mass is 16.2. The van der Waals surface area contributed by atoms with Crippen molar-refractivity contribution < 1.29 is 9.59 Å². The Bertz CT molecular complexity index is 565. The summed E-state index contributed by atoms with van der Waals surface area (Å²) in [5, 5.41) is 8.68. The fourth-order valence-corrected chi connectivity index (χ4v) is 1.42. The molecule has 0 radical (unpaired) electrons. The molecule has 0 aliphatic heterocycles. The molecule has 2 rings (SSSR count). The largest absolute Gasteiger partial charge is 0.366 e. The summed E-state index contributed by atoms with van der Waals surface area (Å²) in [4.78, 5) is 26.3. The molecule has 1 heterocycles. The fourth-order valence-electron chi connectivity index (χ4n) is 1.42. The van der Waals surface area contributed by atoms with Crippen molar-refractivity contribution in [2.75, 3.05) is 0 Å². The molecule has 1 aromatic carbocycles. The molecule has 0 atom stereocenters. The zero-order valence-corrected chi connectivity index (χ0v) is 9.38. The molecule has 0 fully saturated rings. The zero-order valence-electron chi connectivity index (χ0n) is 9.38. The van der Waals surface area contributed by atoms with Crippen molar-refractivity contribution >= 4 is 11.8 Å². The standard InChI is InChI=1S/C11H11N5O2/c12-9(17)8-3-1-2-7(4-8)5-13-11(18)10-14-6-15-16-10/h1-4,6H,5H2,(H2,12,17)(H,13,18)(H,14,15,16). The smallest absolute Gasteiger partial charge is 0.288 e. The van der Waals surface area contributed by atoms with Crippen molar-refractivity contribution in [1.82, 2.24) is 20.5 Å². The number of aromatic amines is 1. The number of H-pyrrole nitrogens is 1. The molecule has 4 N–H and O–H groups in total. The van der Waals surface area contributed by atoms with Gasteiger partial charge in [-0.05, 0) is 17.7 Å². The first-order chi connectivity index (χ1) is 8.66. The molecule has 0 bridgehead atoms. The van der Waals surface area contributed by atoms with Crippen LogP contribution in [0, 0.1) is 0 Å². The van der Waals surface area contributed by atoms with Gasteiger partial charge in [-0.15, -0.1) is 0 Å². The summed E-state index contributed by atoms with van der Waals surface area (Å²) in [5.74, 6) is -0.726. The lowest BCUT2D eigenvalue weighted by molar-refractivity contribution is 0.0940. The van der Waals surface area contributed by atoms with Crippen LogP contribution in [0.1, 0.15) is 26.5 Å². The minimum atomic E-state index is -0.501. The summed E-state index contributed by atoms with van der Waals surface area (Å²) in [6.45, 7) is 0.278. The molecule has 7 heteroatoms. The van der Waals surface area contributed by atoms with Crippen LogP contribution in [0.4, 0.5) is 0 Å². The van der Waals surface area contributed by atoms with Crippen LogP contribution >= 0.6 is 0 Å². The van der Waals surface area contributed by atoms with E-state index in [0.29, 0.717) is 5.56 Å². The van der Waals surface area contributed by atoms with Gasteiger partial charge in [-0.2, -0.15) is 5.10 Å². The van der Waals surface area contributed by atoms with Crippen molar-refractivity contribution in [1.29, 1.82) is 0 Å². The second-order valence-corrected chi connectivity index (χ2v) is 3.58. The first kappa shape index (κ1) is 11.8. The molecule has 0 unspecified atom stereocenters. The topological polar surface area (TPSA) is 114 Å². The molecular formula is C11H11N5O2. The third-order valence-electron chi connectivity index (χ3n) is 2.29. The molecule has 1 aromatic heterocycles. The van der Waals surface area contributed by atoms with Crippen LogP contribution in [-0.4, -0.2) is 27.0 Å². The number of primary amides is 1. The highest BCUT2D eigenvalue weighted by Crippen LogP contribution is 2.04. The van der Waals surface area contributed by atoms with E-state index in [2.05, 4.69) is 20.5 Å². The number of amides is 2. The monoisotopic (exact) mass is 245 g/mol. The molecule has 0 spiro atoms. The number of nitrogens with one attached hydrogen (secondary N) is 2. The number of nitrogens with zero attached hydrogens (tertiary/aromatic N) is 2. The Hall–Kier alpha value is -2.70. The van der Waals surface area contributed by atoms with Crippen LogP contribution in [0.15, 0.2) is 30.6 Å². The van der Waals surface area contributed by atoms with Crippen LogP contribution < -0.4 is 11.1 Å². The van der Waals surface area contributed by atoms with Crippen molar-refractivity contribution in [2.24, 2.45) is 5.73 Å². The first-order valence-electron chi connectivity index (χ1n) is 5.19. The molecule has 7 nitrogen and oxygen atoms in total. The minimum absolute atomic E-state index is 0.140. The predicted octanol–water partition coefficient (Wildman–Crippen LogP) is -0.166. The van der Waals surface area contributed by atoms with Crippen LogP contribution in [0.25, 0.3) is 0 Å². The van der Waals surface area contributed by atoms with E-state index in [1.54, 1.807) is 24.3 Å². The Balaban J connectivity index is 2.00. The van der Waals surface area contributed by atoms with Gasteiger partial charge in [-0.3, -0.25) is 14.7 Å². The summed E-state index contributed by atoms with van der Waals surface area (Å²) < 4.78 is 0. The average molecular weight is 245 g/mol. The van der Waals surface area contributed by atoms with E-state index in [0.717, 1.165) is 5.56 Å². The fraction of sp³-hybridized carbons (Fsp3) is 0.0909. The van der Waals surface area contributed by atoms with Crippen molar-refractivity contribution in [3.8, 4) is 0 Å². The Morgan fingerprint density at radius 2 is 2.22 bits per heavy atom. The lowest BCUT2D eigenvalue weighted by atomic mass is 10.1. The van der Waals surface area contributed by atoms with E-state index < -0.39 is 5.91 Å². The Labute approximate surface area is 102 Å². The third-order valence-corrected chi connectivity index (χ3v) is 2.29. The second kappa shape index (κ2) is 5.09. The molecule has 0 aliphatic rings. The first-order valence-corrected chi connectivity index (χ1v) is 5.19. The Morgan fingerprint density at radius 3 is 2.89 bits per heavy atom. The van der Waals surface area contributed by atoms with E-state index in [-0.39, 0.29) is 18.3 Å². The molecule has 0 saturated heterocycles. The second-order valence-electron chi connectivity index (χ2n) is 3.58. The maximum atomic E-state index is 11.6. The summed E-state index contributed by atoms with van der Waals surface area (Å²) in [6.07, 6.45) is 1.25. The number of nitrogens with two attached hydrogens (primary N) is 1. The predicted molar refractivity (Wildman–Crippen MR) is 62.5 cm³/mol. The lowest BCUT2D eigenvalue weighted by Crippen LogP contribution is -2.24. The van der Waals surface area contributed by atoms with Crippen LogP contribution in [0.2, 0.25) is 0 Å². The van der Waals surface area contributed by atoms with Gasteiger partial charge in [0.1, 0.15) is 6.33 Å². The highest BCUT2D eigenvalue weighted by molar-refractivity contribution is 5.93.